The number of unbranched alkanes of at least 4 members (excludes halogenated alkanes) is 2. The predicted octanol–water partition coefficient (Wildman–Crippen LogP) is 8.02. The largest absolute Gasteiger partial charge is 0.445 e. The van der Waals surface area contributed by atoms with Gasteiger partial charge in [0.15, 0.2) is 0 Å². The van der Waals surface area contributed by atoms with E-state index < -0.39 is 53.1 Å². The van der Waals surface area contributed by atoms with Gasteiger partial charge in [0.05, 0.1) is 25.5 Å². The maximum atomic E-state index is 15.1. The average molecular weight is 1120 g/mol. The summed E-state index contributed by atoms with van der Waals surface area (Å²) >= 11 is 0. The van der Waals surface area contributed by atoms with E-state index >= 15 is 4.39 Å². The number of ether oxygens (including phenoxy) is 1. The number of carbonyl (C=O) groups excluding carboxylic acids is 8. The van der Waals surface area contributed by atoms with Crippen LogP contribution >= 0.6 is 0 Å². The van der Waals surface area contributed by atoms with Crippen molar-refractivity contribution < 1.29 is 56.3 Å². The molecule has 0 saturated carbocycles. The Kier molecular flexibility index (Phi) is 27.4. The van der Waals surface area contributed by atoms with Crippen LogP contribution in [0.4, 0.5) is 28.4 Å². The number of nitrogens with one attached hydrogen (secondary N) is 5. The summed E-state index contributed by atoms with van der Waals surface area (Å²) in [5.41, 5.74) is 6.59. The number of urea groups is 1. The molecule has 1 aromatic heterocycles. The zero-order valence-corrected chi connectivity index (χ0v) is 47.0. The van der Waals surface area contributed by atoms with Gasteiger partial charge in [0.25, 0.3) is 11.8 Å². The van der Waals surface area contributed by atoms with Crippen LogP contribution in [0.2, 0.25) is 0 Å². The summed E-state index contributed by atoms with van der Waals surface area (Å²) in [6.45, 7) is 18.1. The van der Waals surface area contributed by atoms with Crippen molar-refractivity contribution in [1.29, 1.82) is 0 Å². The lowest BCUT2D eigenvalue weighted by Crippen LogP contribution is -2.51. The second-order valence-corrected chi connectivity index (χ2v) is 20.1. The van der Waals surface area contributed by atoms with Gasteiger partial charge in [-0.15, -0.1) is 0 Å². The molecule has 7 N–H and O–H groups in total. The van der Waals surface area contributed by atoms with Crippen LogP contribution in [-0.4, -0.2) is 113 Å². The number of benzene rings is 3. The Balaban J connectivity index is 0.00000173. The highest BCUT2D eigenvalue weighted by Crippen LogP contribution is 2.40. The fourth-order valence-corrected chi connectivity index (χ4v) is 8.19. The topological polar surface area (TPSA) is 256 Å². The molecule has 2 atom stereocenters. The second-order valence-electron chi connectivity index (χ2n) is 20.1. The van der Waals surface area contributed by atoms with Crippen LogP contribution in [-0.2, 0) is 46.7 Å². The highest BCUT2D eigenvalue weighted by atomic mass is 19.1. The molecule has 0 fully saturated rings. The van der Waals surface area contributed by atoms with Crippen molar-refractivity contribution in [3.05, 3.63) is 132 Å². The minimum absolute atomic E-state index is 0.0112. The van der Waals surface area contributed by atoms with E-state index in [1.807, 2.05) is 62.6 Å². The predicted molar refractivity (Wildman–Crippen MR) is 299 cm³/mol. The van der Waals surface area contributed by atoms with Gasteiger partial charge < -0.3 is 46.5 Å². The number of hydrogen-bond acceptors (Lipinski definition) is 10. The molecule has 19 nitrogen and oxygen atoms in total. The zero-order valence-electron chi connectivity index (χ0n) is 47.0. The molecule has 434 valence electrons. The SMILES string of the molecule is C=C(C)C(=O)N(CCCNC(=O)OCc1ccc(NC(=O)CNC(=O)C(NC(=O)CCCCCN2C(=O)C=CC2=O)C(C)C)cc1)C(c1nc(-c2cc(F)ccc2F)cn1Cc1ccccc1)C(C)(C)C.CCCNC(N)=O.CF. The third-order valence-corrected chi connectivity index (χ3v) is 12.1. The molecule has 1 aliphatic heterocycles. The quantitative estimate of drug-likeness (QED) is 0.0201. The van der Waals surface area contributed by atoms with Crippen LogP contribution in [0, 0.1) is 23.0 Å². The van der Waals surface area contributed by atoms with Gasteiger partial charge in [-0.3, -0.25) is 38.1 Å². The third kappa shape index (κ3) is 21.9. The highest BCUT2D eigenvalue weighted by molar-refractivity contribution is 6.12. The van der Waals surface area contributed by atoms with Gasteiger partial charge in [-0.2, -0.15) is 0 Å². The number of carbonyl (C=O) groups is 8. The minimum Gasteiger partial charge on any atom is -0.445 e. The summed E-state index contributed by atoms with van der Waals surface area (Å²) in [4.78, 5) is 106. The maximum absolute atomic E-state index is 15.1. The number of rotatable bonds is 26. The first kappa shape index (κ1) is 66.0. The molecule has 0 bridgehead atoms. The molecule has 0 spiro atoms. The molecular weight excluding hydrogens is 1040 g/mol. The van der Waals surface area contributed by atoms with Gasteiger partial charge in [0, 0.05) is 74.3 Å². The molecule has 4 aromatic rings. The number of nitrogens with zero attached hydrogens (tertiary/aromatic N) is 4. The van der Waals surface area contributed by atoms with Crippen LogP contribution < -0.4 is 32.3 Å². The number of imidazole rings is 1. The minimum atomic E-state index is -0.871. The van der Waals surface area contributed by atoms with E-state index in [4.69, 9.17) is 15.5 Å². The van der Waals surface area contributed by atoms with Crippen molar-refractivity contribution in [2.24, 2.45) is 17.1 Å². The Labute approximate surface area is 466 Å². The summed E-state index contributed by atoms with van der Waals surface area (Å²) < 4.78 is 46.3. The Hall–Kier alpha value is -8.30. The van der Waals surface area contributed by atoms with Crippen LogP contribution in [0.1, 0.15) is 110 Å². The summed E-state index contributed by atoms with van der Waals surface area (Å²) in [6, 6.07) is 17.3. The number of halogens is 3. The Bertz CT molecular complexity index is 2750. The van der Waals surface area contributed by atoms with Gasteiger partial charge >= 0.3 is 12.1 Å². The Morgan fingerprint density at radius 3 is 2.08 bits per heavy atom. The standard InChI is InChI=1S/C53H64F2N8O8.C4H10N2O.CH3F/c1-34(2)47(60-43(64)17-12-9-13-27-62-45(66)24-25-46(62)67)50(68)57-30-44(65)58-39-21-18-37(19-22-39)33-71-52(70)56-26-14-28-63(51(69)35(3)4)48(53(5,6)7)49-59-42(40-29-38(54)20-23-41(40)55)32-61(49)31-36-15-10-8-11-16-36;1-2-3-6-4(5)7;1-2/h8,10-11,15-16,18-25,29,32,34,47-48H,3,9,12-14,17,26-28,30-31,33H2,1-2,4-7H3,(H,56,70)(H,57,68)(H,58,65)(H,60,64);2-3H2,1H3,(H3,5,6,7);1H3. The second kappa shape index (κ2) is 33.2. The summed E-state index contributed by atoms with van der Waals surface area (Å²) in [6.07, 6.45) is 6.50. The molecule has 2 heterocycles. The highest BCUT2D eigenvalue weighted by Gasteiger charge is 2.38. The lowest BCUT2D eigenvalue weighted by Gasteiger charge is -2.40. The molecule has 0 radical (unpaired) electrons. The number of amides is 9. The van der Waals surface area contributed by atoms with E-state index in [1.54, 1.807) is 56.1 Å². The van der Waals surface area contributed by atoms with E-state index in [9.17, 15) is 47.1 Å². The average Bonchev–Trinajstić information content (AvgIpc) is 4.15. The Morgan fingerprint density at radius 1 is 0.825 bits per heavy atom. The van der Waals surface area contributed by atoms with Crippen LogP contribution in [0.25, 0.3) is 11.3 Å². The number of anilines is 1. The lowest BCUT2D eigenvalue weighted by atomic mass is 9.84. The van der Waals surface area contributed by atoms with Crippen molar-refractivity contribution in [3.63, 3.8) is 0 Å². The smallest absolute Gasteiger partial charge is 0.407 e. The first-order valence-electron chi connectivity index (χ1n) is 26.3. The molecule has 2 unspecified atom stereocenters. The van der Waals surface area contributed by atoms with Crippen molar-refractivity contribution in [2.75, 3.05) is 45.2 Å². The van der Waals surface area contributed by atoms with Gasteiger partial charge in [0.2, 0.25) is 23.6 Å². The van der Waals surface area contributed by atoms with E-state index in [0.717, 1.165) is 35.1 Å². The summed E-state index contributed by atoms with van der Waals surface area (Å²) in [5.74, 6) is -3.43. The van der Waals surface area contributed by atoms with Gasteiger partial charge in [-0.25, -0.2) is 23.4 Å². The van der Waals surface area contributed by atoms with Gasteiger partial charge in [-0.1, -0.05) is 97.0 Å². The maximum Gasteiger partial charge on any atom is 0.407 e. The normalized spacial score (nSPS) is 12.5. The number of alkyl carbamates (subject to hydrolysis) is 1. The molecule has 3 aromatic carbocycles. The zero-order chi connectivity index (χ0) is 59.5. The van der Waals surface area contributed by atoms with E-state index in [1.165, 1.54) is 12.2 Å². The fraction of sp³-hybridized carbons (Fsp3) is 0.431. The molecule has 5 rings (SSSR count). The molecule has 0 aliphatic carbocycles. The van der Waals surface area contributed by atoms with Crippen molar-refractivity contribution >= 4 is 53.3 Å². The number of imide groups is 1. The van der Waals surface area contributed by atoms with E-state index in [2.05, 4.69) is 33.2 Å². The Morgan fingerprint density at radius 2 is 1.49 bits per heavy atom. The number of hydrogen-bond donors (Lipinski definition) is 6. The number of nitrogens with two attached hydrogens (primary N) is 1. The molecule has 22 heteroatoms. The van der Waals surface area contributed by atoms with Crippen LogP contribution in [0.15, 0.2) is 103 Å². The van der Waals surface area contributed by atoms with Crippen molar-refractivity contribution in [1.82, 2.24) is 40.6 Å². The van der Waals surface area contributed by atoms with Crippen LogP contribution in [0.5, 0.6) is 0 Å². The monoisotopic (exact) mass is 1110 g/mol. The molecule has 80 heavy (non-hydrogen) atoms. The first-order valence-corrected chi connectivity index (χ1v) is 26.3. The van der Waals surface area contributed by atoms with Gasteiger partial charge in [0.1, 0.15) is 30.1 Å². The van der Waals surface area contributed by atoms with E-state index in [0.29, 0.717) is 63.0 Å². The molecular formula is C58H77F3N10O9. The third-order valence-electron chi connectivity index (χ3n) is 12.1. The van der Waals surface area contributed by atoms with Gasteiger partial charge in [-0.05, 0) is 85.4 Å². The molecule has 1 aliphatic rings. The van der Waals surface area contributed by atoms with Crippen molar-refractivity contribution in [3.8, 4) is 11.3 Å². The lowest BCUT2D eigenvalue weighted by molar-refractivity contribution is -0.137. The van der Waals surface area contributed by atoms with Crippen molar-refractivity contribution in [2.45, 2.75) is 112 Å². The summed E-state index contributed by atoms with van der Waals surface area (Å²) in [7, 11) is 0.500. The first-order chi connectivity index (χ1) is 38.0. The number of alkyl halides is 1. The van der Waals surface area contributed by atoms with Crippen LogP contribution in [0.3, 0.4) is 0 Å². The summed E-state index contributed by atoms with van der Waals surface area (Å²) in [5, 5.41) is 13.2. The fourth-order valence-electron chi connectivity index (χ4n) is 8.19. The van der Waals surface area contributed by atoms with E-state index in [-0.39, 0.29) is 85.6 Å². The molecule has 0 saturated heterocycles. The molecule has 9 amide bonds. The number of aromatic nitrogens is 2. The number of primary amides is 1.